The summed E-state index contributed by atoms with van der Waals surface area (Å²) in [6.07, 6.45) is 8.05. The van der Waals surface area contributed by atoms with Crippen LogP contribution in [0.25, 0.3) is 0 Å². The van der Waals surface area contributed by atoms with Gasteiger partial charge in [0, 0.05) is 6.20 Å². The Morgan fingerprint density at radius 1 is 1.56 bits per heavy atom. The first-order valence-corrected chi connectivity index (χ1v) is 6.48. The van der Waals surface area contributed by atoms with Crippen molar-refractivity contribution in [1.82, 2.24) is 10.6 Å². The maximum atomic E-state index is 4.99. The van der Waals surface area contributed by atoms with Crippen molar-refractivity contribution >= 4 is 17.3 Å². The van der Waals surface area contributed by atoms with Gasteiger partial charge in [-0.15, -0.1) is 0 Å². The zero-order chi connectivity index (χ0) is 11.5. The van der Waals surface area contributed by atoms with Gasteiger partial charge in [0.05, 0.1) is 5.70 Å². The standard InChI is InChI=1S/C13H19N2S/c1-3-11-6-10(5-4-9(11)2)7-12-8-14-13(16)15-12/h8,10H,3-7H2,1-2H3,(H,14,16). The molecule has 0 spiro atoms. The Morgan fingerprint density at radius 2 is 2.38 bits per heavy atom. The first-order chi connectivity index (χ1) is 7.69. The summed E-state index contributed by atoms with van der Waals surface area (Å²) in [6.45, 7) is 4.54. The molecule has 87 valence electrons. The number of rotatable bonds is 3. The second kappa shape index (κ2) is 5.00. The van der Waals surface area contributed by atoms with Crippen LogP contribution in [0.15, 0.2) is 23.0 Å². The van der Waals surface area contributed by atoms with E-state index in [4.69, 9.17) is 12.2 Å². The molecule has 1 aliphatic heterocycles. The first-order valence-electron chi connectivity index (χ1n) is 6.07. The van der Waals surface area contributed by atoms with Gasteiger partial charge in [0.25, 0.3) is 0 Å². The molecule has 1 heterocycles. The predicted molar refractivity (Wildman–Crippen MR) is 70.9 cm³/mol. The number of thiocarbonyl (C=S) groups is 1. The Labute approximate surface area is 103 Å². The van der Waals surface area contributed by atoms with Crippen LogP contribution in [0, 0.1) is 5.92 Å². The van der Waals surface area contributed by atoms with E-state index in [2.05, 4.69) is 24.5 Å². The van der Waals surface area contributed by atoms with Crippen molar-refractivity contribution in [2.24, 2.45) is 5.92 Å². The highest BCUT2D eigenvalue weighted by molar-refractivity contribution is 7.80. The van der Waals surface area contributed by atoms with Crippen LogP contribution < -0.4 is 10.6 Å². The summed E-state index contributed by atoms with van der Waals surface area (Å²) >= 11 is 4.99. The summed E-state index contributed by atoms with van der Waals surface area (Å²) in [5.74, 6) is 0.761. The summed E-state index contributed by atoms with van der Waals surface area (Å²) in [7, 11) is 0. The third kappa shape index (κ3) is 2.64. The molecule has 0 bridgehead atoms. The fraction of sp³-hybridized carbons (Fsp3) is 0.615. The van der Waals surface area contributed by atoms with Gasteiger partial charge in [0.15, 0.2) is 5.11 Å². The largest absolute Gasteiger partial charge is 0.336 e. The molecule has 0 aromatic rings. The third-order valence-corrected chi connectivity index (χ3v) is 3.81. The van der Waals surface area contributed by atoms with E-state index in [0.29, 0.717) is 5.11 Å². The molecule has 0 aromatic carbocycles. The molecule has 0 fully saturated rings. The molecule has 1 aliphatic carbocycles. The molecule has 1 unspecified atom stereocenters. The fourth-order valence-corrected chi connectivity index (χ4v) is 2.76. The summed E-state index contributed by atoms with van der Waals surface area (Å²) in [5.41, 5.74) is 4.40. The van der Waals surface area contributed by atoms with Crippen molar-refractivity contribution in [1.29, 1.82) is 0 Å². The summed E-state index contributed by atoms with van der Waals surface area (Å²) < 4.78 is 0. The smallest absolute Gasteiger partial charge is 0.197 e. The Bertz CT molecular complexity index is 355. The van der Waals surface area contributed by atoms with Gasteiger partial charge < -0.3 is 5.32 Å². The number of nitrogens with one attached hydrogen (secondary N) is 1. The molecule has 16 heavy (non-hydrogen) atoms. The summed E-state index contributed by atoms with van der Waals surface area (Å²) in [4.78, 5) is 0. The van der Waals surface area contributed by atoms with Crippen LogP contribution in [0.4, 0.5) is 0 Å². The van der Waals surface area contributed by atoms with Crippen LogP contribution in [0.1, 0.15) is 46.0 Å². The topological polar surface area (TPSA) is 26.1 Å². The van der Waals surface area contributed by atoms with Gasteiger partial charge in [0.2, 0.25) is 0 Å². The molecule has 0 aromatic heterocycles. The second-order valence-electron chi connectivity index (χ2n) is 4.75. The van der Waals surface area contributed by atoms with Crippen LogP contribution in [-0.4, -0.2) is 5.11 Å². The van der Waals surface area contributed by atoms with Crippen molar-refractivity contribution < 1.29 is 0 Å². The maximum Gasteiger partial charge on any atom is 0.197 e. The molecule has 1 radical (unpaired) electrons. The van der Waals surface area contributed by atoms with Gasteiger partial charge in [-0.2, -0.15) is 0 Å². The maximum absolute atomic E-state index is 4.99. The molecular formula is C13H19N2S. The molecule has 3 heteroatoms. The normalized spacial score (nSPS) is 25.2. The molecule has 2 rings (SSSR count). The van der Waals surface area contributed by atoms with E-state index in [1.54, 1.807) is 11.1 Å². The lowest BCUT2D eigenvalue weighted by Crippen LogP contribution is -2.17. The summed E-state index contributed by atoms with van der Waals surface area (Å²) in [5, 5.41) is 7.92. The molecule has 1 atom stereocenters. The quantitative estimate of drug-likeness (QED) is 0.600. The second-order valence-corrected chi connectivity index (χ2v) is 5.13. The molecule has 2 aliphatic rings. The van der Waals surface area contributed by atoms with Crippen molar-refractivity contribution in [3.8, 4) is 0 Å². The van der Waals surface area contributed by atoms with Gasteiger partial charge in [-0.3, -0.25) is 0 Å². The fourth-order valence-electron chi connectivity index (χ4n) is 2.58. The van der Waals surface area contributed by atoms with Gasteiger partial charge in [0.1, 0.15) is 0 Å². The van der Waals surface area contributed by atoms with Gasteiger partial charge in [-0.25, -0.2) is 5.32 Å². The first kappa shape index (κ1) is 11.6. The minimum absolute atomic E-state index is 0.619. The van der Waals surface area contributed by atoms with Crippen LogP contribution >= 0.6 is 12.2 Å². The van der Waals surface area contributed by atoms with Crippen molar-refractivity contribution in [3.63, 3.8) is 0 Å². The van der Waals surface area contributed by atoms with E-state index in [1.807, 2.05) is 6.20 Å². The van der Waals surface area contributed by atoms with E-state index >= 15 is 0 Å². The molecular weight excluding hydrogens is 216 g/mol. The zero-order valence-electron chi connectivity index (χ0n) is 10.0. The Hall–Kier alpha value is -0.830. The van der Waals surface area contributed by atoms with Crippen LogP contribution in [0.3, 0.4) is 0 Å². The van der Waals surface area contributed by atoms with E-state index in [0.717, 1.165) is 18.0 Å². The van der Waals surface area contributed by atoms with Crippen LogP contribution in [0.5, 0.6) is 0 Å². The Morgan fingerprint density at radius 3 is 3.00 bits per heavy atom. The van der Waals surface area contributed by atoms with E-state index in [-0.39, 0.29) is 0 Å². The molecule has 2 nitrogen and oxygen atoms in total. The Balaban J connectivity index is 1.91. The van der Waals surface area contributed by atoms with Crippen LogP contribution in [0.2, 0.25) is 0 Å². The number of allylic oxidation sites excluding steroid dienone is 3. The number of hydrogen-bond donors (Lipinski definition) is 1. The molecule has 0 saturated carbocycles. The number of hydrogen-bond acceptors (Lipinski definition) is 1. The highest BCUT2D eigenvalue weighted by atomic mass is 32.1. The lowest BCUT2D eigenvalue weighted by Gasteiger charge is -2.25. The van der Waals surface area contributed by atoms with Gasteiger partial charge in [-0.05, 0) is 57.2 Å². The lowest BCUT2D eigenvalue weighted by atomic mass is 9.81. The lowest BCUT2D eigenvalue weighted by molar-refractivity contribution is 0.440. The third-order valence-electron chi connectivity index (χ3n) is 3.60. The van der Waals surface area contributed by atoms with Crippen molar-refractivity contribution in [3.05, 3.63) is 23.0 Å². The van der Waals surface area contributed by atoms with Crippen LogP contribution in [-0.2, 0) is 0 Å². The zero-order valence-corrected chi connectivity index (χ0v) is 10.9. The van der Waals surface area contributed by atoms with E-state index in [1.165, 1.54) is 25.7 Å². The van der Waals surface area contributed by atoms with Gasteiger partial charge >= 0.3 is 0 Å². The SMILES string of the molecule is CCC1=C(C)CCC(CC2=CNC(=S)[N]2)C1. The average Bonchev–Trinajstić information content (AvgIpc) is 2.67. The van der Waals surface area contributed by atoms with E-state index < -0.39 is 0 Å². The Kier molecular flexibility index (Phi) is 3.64. The number of nitrogens with zero attached hydrogens (tertiary/aromatic N) is 1. The highest BCUT2D eigenvalue weighted by Gasteiger charge is 2.21. The molecule has 0 saturated heterocycles. The van der Waals surface area contributed by atoms with Crippen molar-refractivity contribution in [2.45, 2.75) is 46.0 Å². The predicted octanol–water partition coefficient (Wildman–Crippen LogP) is 3.24. The monoisotopic (exact) mass is 235 g/mol. The highest BCUT2D eigenvalue weighted by Crippen LogP contribution is 2.34. The minimum atomic E-state index is 0.619. The van der Waals surface area contributed by atoms with Gasteiger partial charge in [-0.1, -0.05) is 18.1 Å². The van der Waals surface area contributed by atoms with Crippen molar-refractivity contribution in [2.75, 3.05) is 0 Å². The molecule has 1 N–H and O–H groups in total. The minimum Gasteiger partial charge on any atom is -0.336 e. The summed E-state index contributed by atoms with van der Waals surface area (Å²) in [6, 6.07) is 0. The average molecular weight is 235 g/mol. The molecule has 0 amide bonds. The van der Waals surface area contributed by atoms with E-state index in [9.17, 15) is 0 Å².